The summed E-state index contributed by atoms with van der Waals surface area (Å²) in [6.07, 6.45) is -5.71. The van der Waals surface area contributed by atoms with Gasteiger partial charge in [-0.3, -0.25) is 0 Å². The topological polar surface area (TPSA) is 52.5 Å². The summed E-state index contributed by atoms with van der Waals surface area (Å²) >= 11 is 0. The molecule has 0 spiro atoms. The van der Waals surface area contributed by atoms with Crippen molar-refractivity contribution >= 4 is 5.69 Å². The molecule has 7 heteroatoms. The second kappa shape index (κ2) is 5.53. The van der Waals surface area contributed by atoms with Crippen LogP contribution in [0, 0.1) is 12.7 Å². The van der Waals surface area contributed by atoms with E-state index in [1.807, 2.05) is 0 Å². The van der Waals surface area contributed by atoms with Gasteiger partial charge in [-0.1, -0.05) is 0 Å². The molecule has 1 rings (SSSR count). The minimum atomic E-state index is -4.60. The number of alkyl halides is 3. The van der Waals surface area contributed by atoms with E-state index >= 15 is 0 Å². The maximum absolute atomic E-state index is 13.4. The van der Waals surface area contributed by atoms with Crippen LogP contribution in [0.15, 0.2) is 12.1 Å². The second-order valence-electron chi connectivity index (χ2n) is 3.86. The lowest BCUT2D eigenvalue weighted by atomic mass is 10.1. The lowest BCUT2D eigenvalue weighted by Gasteiger charge is -2.15. The number of nitrogens with one attached hydrogen (secondary N) is 1. The zero-order chi connectivity index (χ0) is 13.9. The molecule has 0 aromatic heterocycles. The number of aliphatic hydroxyl groups is 2. The van der Waals surface area contributed by atoms with Gasteiger partial charge in [0.05, 0.1) is 24.0 Å². The molecule has 18 heavy (non-hydrogen) atoms. The molecule has 0 heterocycles. The molecule has 0 radical (unpaired) electrons. The van der Waals surface area contributed by atoms with Crippen molar-refractivity contribution in [2.45, 2.75) is 19.2 Å². The van der Waals surface area contributed by atoms with E-state index in [2.05, 4.69) is 5.32 Å². The highest BCUT2D eigenvalue weighted by atomic mass is 19.4. The molecular weight excluding hydrogens is 254 g/mol. The van der Waals surface area contributed by atoms with Gasteiger partial charge in [0.1, 0.15) is 5.82 Å². The third-order valence-corrected chi connectivity index (χ3v) is 2.36. The van der Waals surface area contributed by atoms with E-state index in [0.717, 1.165) is 6.07 Å². The predicted molar refractivity (Wildman–Crippen MR) is 57.7 cm³/mol. The molecule has 1 atom stereocenters. The van der Waals surface area contributed by atoms with E-state index in [1.165, 1.54) is 6.92 Å². The van der Waals surface area contributed by atoms with Crippen molar-refractivity contribution in [3.8, 4) is 0 Å². The standard InChI is InChI=1S/C11H13F4NO2/c1-6-2-10(16-4-7(18)5-17)9(12)3-8(6)11(13,14)15/h2-3,7,16-18H,4-5H2,1H3. The van der Waals surface area contributed by atoms with Crippen LogP contribution in [0.1, 0.15) is 11.1 Å². The molecule has 0 saturated carbocycles. The van der Waals surface area contributed by atoms with Gasteiger partial charge in [0.15, 0.2) is 0 Å². The van der Waals surface area contributed by atoms with Gasteiger partial charge in [-0.15, -0.1) is 0 Å². The Hall–Kier alpha value is -1.34. The first kappa shape index (κ1) is 14.7. The number of rotatable bonds is 4. The Morgan fingerprint density at radius 2 is 1.94 bits per heavy atom. The smallest absolute Gasteiger partial charge is 0.394 e. The maximum atomic E-state index is 13.4. The summed E-state index contributed by atoms with van der Waals surface area (Å²) in [5.74, 6) is -1.06. The number of halogens is 4. The van der Waals surface area contributed by atoms with Gasteiger partial charge in [0.25, 0.3) is 0 Å². The second-order valence-corrected chi connectivity index (χ2v) is 3.86. The van der Waals surface area contributed by atoms with Gasteiger partial charge in [-0.05, 0) is 24.6 Å². The van der Waals surface area contributed by atoms with E-state index in [1.54, 1.807) is 0 Å². The highest BCUT2D eigenvalue weighted by molar-refractivity contribution is 5.50. The summed E-state index contributed by atoms with van der Waals surface area (Å²) in [6.45, 7) is 0.544. The molecular formula is C11H13F4NO2. The average Bonchev–Trinajstić information content (AvgIpc) is 2.27. The summed E-state index contributed by atoms with van der Waals surface area (Å²) in [5.41, 5.74) is -1.30. The van der Waals surface area contributed by atoms with Crippen LogP contribution < -0.4 is 5.32 Å². The van der Waals surface area contributed by atoms with Crippen LogP contribution in [0.5, 0.6) is 0 Å². The van der Waals surface area contributed by atoms with Crippen LogP contribution in [-0.2, 0) is 6.18 Å². The van der Waals surface area contributed by atoms with E-state index in [0.29, 0.717) is 6.07 Å². The Labute approximate surface area is 101 Å². The summed E-state index contributed by atoms with van der Waals surface area (Å²) < 4.78 is 50.8. The number of anilines is 1. The van der Waals surface area contributed by atoms with E-state index in [9.17, 15) is 17.6 Å². The van der Waals surface area contributed by atoms with Gasteiger partial charge in [-0.25, -0.2) is 4.39 Å². The molecule has 1 aromatic rings. The number of aliphatic hydroxyl groups excluding tert-OH is 2. The zero-order valence-electron chi connectivity index (χ0n) is 9.55. The van der Waals surface area contributed by atoms with Crippen molar-refractivity contribution in [2.24, 2.45) is 0 Å². The minimum absolute atomic E-state index is 0.120. The molecule has 0 amide bonds. The molecule has 102 valence electrons. The molecule has 0 bridgehead atoms. The normalized spacial score (nSPS) is 13.5. The fraction of sp³-hybridized carbons (Fsp3) is 0.455. The lowest BCUT2D eigenvalue weighted by Crippen LogP contribution is -2.23. The largest absolute Gasteiger partial charge is 0.416 e. The quantitative estimate of drug-likeness (QED) is 0.730. The van der Waals surface area contributed by atoms with Crippen molar-refractivity contribution in [3.63, 3.8) is 0 Å². The zero-order valence-corrected chi connectivity index (χ0v) is 9.55. The van der Waals surface area contributed by atoms with Crippen LogP contribution in [0.25, 0.3) is 0 Å². The molecule has 3 nitrogen and oxygen atoms in total. The number of hydrogen-bond acceptors (Lipinski definition) is 3. The van der Waals surface area contributed by atoms with E-state index < -0.39 is 30.3 Å². The van der Waals surface area contributed by atoms with Crippen LogP contribution in [0.4, 0.5) is 23.2 Å². The number of hydrogen-bond donors (Lipinski definition) is 3. The third-order valence-electron chi connectivity index (χ3n) is 2.36. The van der Waals surface area contributed by atoms with Gasteiger partial charge in [0, 0.05) is 6.54 Å². The Bertz CT molecular complexity index is 420. The SMILES string of the molecule is Cc1cc(NCC(O)CO)c(F)cc1C(F)(F)F. The van der Waals surface area contributed by atoms with E-state index in [4.69, 9.17) is 10.2 Å². The van der Waals surface area contributed by atoms with Crippen molar-refractivity contribution in [1.29, 1.82) is 0 Å². The molecule has 1 unspecified atom stereocenters. The van der Waals surface area contributed by atoms with Crippen LogP contribution >= 0.6 is 0 Å². The van der Waals surface area contributed by atoms with Crippen molar-refractivity contribution in [3.05, 3.63) is 29.1 Å². The predicted octanol–water partition coefficient (Wildman–Crippen LogP) is 1.92. The van der Waals surface area contributed by atoms with Crippen LogP contribution in [0.3, 0.4) is 0 Å². The molecule has 0 aliphatic carbocycles. The Kier molecular flexibility index (Phi) is 4.53. The fourth-order valence-corrected chi connectivity index (χ4v) is 1.41. The van der Waals surface area contributed by atoms with E-state index in [-0.39, 0.29) is 17.8 Å². The van der Waals surface area contributed by atoms with Gasteiger partial charge < -0.3 is 15.5 Å². The van der Waals surface area contributed by atoms with Crippen molar-refractivity contribution < 1.29 is 27.8 Å². The first-order chi connectivity index (χ1) is 8.25. The number of benzene rings is 1. The molecule has 0 fully saturated rings. The Morgan fingerprint density at radius 3 is 2.44 bits per heavy atom. The first-order valence-electron chi connectivity index (χ1n) is 5.16. The monoisotopic (exact) mass is 267 g/mol. The molecule has 0 aliphatic heterocycles. The summed E-state index contributed by atoms with van der Waals surface area (Å²) in [4.78, 5) is 0. The van der Waals surface area contributed by atoms with Crippen LogP contribution in [-0.4, -0.2) is 29.5 Å². The third kappa shape index (κ3) is 3.58. The highest BCUT2D eigenvalue weighted by Gasteiger charge is 2.33. The summed E-state index contributed by atoms with van der Waals surface area (Å²) in [7, 11) is 0. The molecule has 3 N–H and O–H groups in total. The lowest BCUT2D eigenvalue weighted by molar-refractivity contribution is -0.138. The van der Waals surface area contributed by atoms with Crippen molar-refractivity contribution in [2.75, 3.05) is 18.5 Å². The molecule has 0 aliphatic rings. The first-order valence-corrected chi connectivity index (χ1v) is 5.16. The minimum Gasteiger partial charge on any atom is -0.394 e. The Morgan fingerprint density at radius 1 is 1.33 bits per heavy atom. The van der Waals surface area contributed by atoms with Gasteiger partial charge in [0.2, 0.25) is 0 Å². The Balaban J connectivity index is 2.94. The summed E-state index contributed by atoms with van der Waals surface area (Å²) in [6, 6.07) is 1.42. The van der Waals surface area contributed by atoms with Gasteiger partial charge >= 0.3 is 6.18 Å². The summed E-state index contributed by atoms with van der Waals surface area (Å²) in [5, 5.41) is 20.0. The maximum Gasteiger partial charge on any atom is 0.416 e. The highest BCUT2D eigenvalue weighted by Crippen LogP contribution is 2.34. The molecule has 1 aromatic carbocycles. The van der Waals surface area contributed by atoms with Crippen LogP contribution in [0.2, 0.25) is 0 Å². The average molecular weight is 267 g/mol. The fourth-order valence-electron chi connectivity index (χ4n) is 1.41. The van der Waals surface area contributed by atoms with Crippen molar-refractivity contribution in [1.82, 2.24) is 0 Å². The van der Waals surface area contributed by atoms with Gasteiger partial charge in [-0.2, -0.15) is 13.2 Å². The number of aryl methyl sites for hydroxylation is 1. The molecule has 0 saturated heterocycles.